The van der Waals surface area contributed by atoms with E-state index in [0.29, 0.717) is 17.4 Å². The molecule has 0 aliphatic carbocycles. The van der Waals surface area contributed by atoms with Gasteiger partial charge in [-0.1, -0.05) is 30.3 Å². The molecule has 1 atom stereocenters. The molecule has 2 aromatic carbocycles. The van der Waals surface area contributed by atoms with Crippen LogP contribution in [0, 0.1) is 0 Å². The molecule has 0 saturated carbocycles. The molecule has 29 heavy (non-hydrogen) atoms. The highest BCUT2D eigenvalue weighted by Crippen LogP contribution is 2.30. The van der Waals surface area contributed by atoms with Crippen molar-refractivity contribution in [2.45, 2.75) is 17.4 Å². The number of guanidine groups is 1. The smallest absolute Gasteiger partial charge is 0.191 e. The summed E-state index contributed by atoms with van der Waals surface area (Å²) in [5.74, 6) is 1.48. The summed E-state index contributed by atoms with van der Waals surface area (Å²) in [6, 6.07) is 16.7. The molecule has 1 heterocycles. The van der Waals surface area contributed by atoms with Crippen LogP contribution in [0.5, 0.6) is 5.75 Å². The fourth-order valence-corrected chi connectivity index (χ4v) is 4.60. The van der Waals surface area contributed by atoms with Gasteiger partial charge in [-0.3, -0.25) is 4.99 Å². The molecule has 2 aromatic rings. The van der Waals surface area contributed by atoms with Gasteiger partial charge < -0.3 is 20.3 Å². The van der Waals surface area contributed by atoms with E-state index in [1.54, 1.807) is 44.5 Å². The molecule has 1 fully saturated rings. The highest BCUT2D eigenvalue weighted by atomic mass is 32.2. The summed E-state index contributed by atoms with van der Waals surface area (Å²) < 4.78 is 30.2. The highest BCUT2D eigenvalue weighted by Gasteiger charge is 2.25. The van der Waals surface area contributed by atoms with Gasteiger partial charge in [0.15, 0.2) is 15.8 Å². The molecular formula is C21H28N4O3S. The Morgan fingerprint density at radius 3 is 2.62 bits per heavy atom. The second-order valence-electron chi connectivity index (χ2n) is 6.88. The second kappa shape index (κ2) is 9.65. The summed E-state index contributed by atoms with van der Waals surface area (Å²) in [6.45, 7) is 2.03. The average Bonchev–Trinajstić information content (AvgIpc) is 3.22. The van der Waals surface area contributed by atoms with Gasteiger partial charge in [0.05, 0.1) is 23.4 Å². The summed E-state index contributed by atoms with van der Waals surface area (Å²) in [5.41, 5.74) is 1.08. The van der Waals surface area contributed by atoms with Gasteiger partial charge in [-0.2, -0.15) is 0 Å². The van der Waals surface area contributed by atoms with Crippen LogP contribution in [0.15, 0.2) is 64.5 Å². The SMILES string of the molecule is CN=C(NCCS(=O)(=O)c1ccccc1)NC1CCN(c2ccccc2OC)C1. The number of ether oxygens (including phenoxy) is 1. The van der Waals surface area contributed by atoms with E-state index in [4.69, 9.17) is 4.74 Å². The minimum atomic E-state index is -3.31. The van der Waals surface area contributed by atoms with Gasteiger partial charge in [0.25, 0.3) is 0 Å². The normalized spacial score (nSPS) is 17.2. The van der Waals surface area contributed by atoms with Crippen LogP contribution < -0.4 is 20.3 Å². The van der Waals surface area contributed by atoms with Crippen LogP contribution in [0.2, 0.25) is 0 Å². The summed E-state index contributed by atoms with van der Waals surface area (Å²) in [4.78, 5) is 6.85. The van der Waals surface area contributed by atoms with E-state index < -0.39 is 9.84 Å². The number of sulfone groups is 1. The van der Waals surface area contributed by atoms with Gasteiger partial charge in [-0.15, -0.1) is 0 Å². The van der Waals surface area contributed by atoms with Gasteiger partial charge >= 0.3 is 0 Å². The Morgan fingerprint density at radius 2 is 1.90 bits per heavy atom. The highest BCUT2D eigenvalue weighted by molar-refractivity contribution is 7.91. The molecular weight excluding hydrogens is 388 g/mol. The number of para-hydroxylation sites is 2. The monoisotopic (exact) mass is 416 g/mol. The number of nitrogens with zero attached hydrogens (tertiary/aromatic N) is 2. The Labute approximate surface area is 172 Å². The number of methoxy groups -OCH3 is 1. The molecule has 0 bridgehead atoms. The molecule has 1 aliphatic rings. The van der Waals surface area contributed by atoms with Gasteiger partial charge in [-0.25, -0.2) is 8.42 Å². The van der Waals surface area contributed by atoms with Gasteiger partial charge in [0.2, 0.25) is 0 Å². The lowest BCUT2D eigenvalue weighted by Crippen LogP contribution is -2.45. The summed E-state index contributed by atoms with van der Waals surface area (Å²) in [7, 11) is 0.0576. The van der Waals surface area contributed by atoms with Crippen LogP contribution in [0.4, 0.5) is 5.69 Å². The van der Waals surface area contributed by atoms with E-state index >= 15 is 0 Å². The molecule has 8 heteroatoms. The van der Waals surface area contributed by atoms with Crippen molar-refractivity contribution in [2.75, 3.05) is 44.4 Å². The van der Waals surface area contributed by atoms with Crippen molar-refractivity contribution in [3.8, 4) is 5.75 Å². The first-order chi connectivity index (χ1) is 14.0. The maximum atomic E-state index is 12.4. The summed E-state index contributed by atoms with van der Waals surface area (Å²) in [5, 5.41) is 6.51. The number of hydrogen-bond acceptors (Lipinski definition) is 5. The molecule has 1 saturated heterocycles. The number of aliphatic imine (C=N–C) groups is 1. The van der Waals surface area contributed by atoms with Crippen molar-refractivity contribution in [1.29, 1.82) is 0 Å². The molecule has 1 unspecified atom stereocenters. The molecule has 2 N–H and O–H groups in total. The van der Waals surface area contributed by atoms with Crippen LogP contribution in [0.25, 0.3) is 0 Å². The maximum Gasteiger partial charge on any atom is 0.191 e. The number of benzene rings is 2. The first-order valence-electron chi connectivity index (χ1n) is 9.66. The molecule has 0 spiro atoms. The fraction of sp³-hybridized carbons (Fsp3) is 0.381. The predicted molar refractivity (Wildman–Crippen MR) is 117 cm³/mol. The van der Waals surface area contributed by atoms with Crippen molar-refractivity contribution >= 4 is 21.5 Å². The number of nitrogens with one attached hydrogen (secondary N) is 2. The average molecular weight is 417 g/mol. The zero-order valence-corrected chi connectivity index (χ0v) is 17.7. The molecule has 7 nitrogen and oxygen atoms in total. The van der Waals surface area contributed by atoms with E-state index in [0.717, 1.165) is 30.9 Å². The van der Waals surface area contributed by atoms with Crippen LogP contribution in [0.3, 0.4) is 0 Å². The Kier molecular flexibility index (Phi) is 6.98. The Balaban J connectivity index is 1.51. The third-order valence-corrected chi connectivity index (χ3v) is 6.68. The predicted octanol–water partition coefficient (Wildman–Crippen LogP) is 1.91. The number of anilines is 1. The van der Waals surface area contributed by atoms with Crippen molar-refractivity contribution in [3.05, 3.63) is 54.6 Å². The topological polar surface area (TPSA) is 83.0 Å². The van der Waals surface area contributed by atoms with Crippen molar-refractivity contribution < 1.29 is 13.2 Å². The van der Waals surface area contributed by atoms with Gasteiger partial charge in [-0.05, 0) is 30.7 Å². The third-order valence-electron chi connectivity index (χ3n) is 4.94. The first kappa shape index (κ1) is 21.0. The summed E-state index contributed by atoms with van der Waals surface area (Å²) in [6.07, 6.45) is 0.959. The van der Waals surface area contributed by atoms with Crippen LogP contribution in [-0.4, -0.2) is 60.0 Å². The number of hydrogen-bond donors (Lipinski definition) is 2. The van der Waals surface area contributed by atoms with E-state index in [2.05, 4.69) is 26.6 Å². The minimum absolute atomic E-state index is 0.00964. The zero-order valence-electron chi connectivity index (χ0n) is 16.8. The maximum absolute atomic E-state index is 12.4. The van der Waals surface area contributed by atoms with Crippen molar-refractivity contribution in [3.63, 3.8) is 0 Å². The molecule has 0 aromatic heterocycles. The molecule has 0 radical (unpaired) electrons. The first-order valence-corrected chi connectivity index (χ1v) is 11.3. The van der Waals surface area contributed by atoms with Crippen LogP contribution in [-0.2, 0) is 9.84 Å². The van der Waals surface area contributed by atoms with Crippen molar-refractivity contribution in [1.82, 2.24) is 10.6 Å². The molecule has 156 valence electrons. The van der Waals surface area contributed by atoms with Crippen molar-refractivity contribution in [2.24, 2.45) is 4.99 Å². The zero-order chi connectivity index (χ0) is 20.7. The van der Waals surface area contributed by atoms with E-state index in [1.807, 2.05) is 18.2 Å². The lowest BCUT2D eigenvalue weighted by Gasteiger charge is -2.22. The summed E-state index contributed by atoms with van der Waals surface area (Å²) >= 11 is 0. The van der Waals surface area contributed by atoms with Crippen LogP contribution in [0.1, 0.15) is 6.42 Å². The minimum Gasteiger partial charge on any atom is -0.495 e. The third kappa shape index (κ3) is 5.41. The van der Waals surface area contributed by atoms with E-state index in [1.165, 1.54) is 0 Å². The molecule has 3 rings (SSSR count). The van der Waals surface area contributed by atoms with Gasteiger partial charge in [0, 0.05) is 32.7 Å². The van der Waals surface area contributed by atoms with Crippen LogP contribution >= 0.6 is 0 Å². The lowest BCUT2D eigenvalue weighted by atomic mass is 10.2. The Bertz CT molecular complexity index is 932. The van der Waals surface area contributed by atoms with Gasteiger partial charge in [0.1, 0.15) is 5.75 Å². The van der Waals surface area contributed by atoms with E-state index in [-0.39, 0.29) is 11.8 Å². The number of rotatable bonds is 7. The fourth-order valence-electron chi connectivity index (χ4n) is 3.43. The molecule has 0 amide bonds. The lowest BCUT2D eigenvalue weighted by molar-refractivity contribution is 0.415. The molecule has 1 aliphatic heterocycles. The Morgan fingerprint density at radius 1 is 1.17 bits per heavy atom. The van der Waals surface area contributed by atoms with E-state index in [9.17, 15) is 8.42 Å². The second-order valence-corrected chi connectivity index (χ2v) is 8.99. The Hall–Kier alpha value is -2.74. The standard InChI is InChI=1S/C21H28N4O3S/c1-22-21(23-13-15-29(26,27)18-8-4-3-5-9-18)24-17-12-14-25(16-17)19-10-6-7-11-20(19)28-2/h3-11,17H,12-16H2,1-2H3,(H2,22,23,24). The largest absolute Gasteiger partial charge is 0.495 e. The quantitative estimate of drug-likeness (QED) is 0.530.